The number of methoxy groups -OCH3 is 1. The summed E-state index contributed by atoms with van der Waals surface area (Å²) in [5.41, 5.74) is 11.0. The zero-order chi connectivity index (χ0) is 25.5. The van der Waals surface area contributed by atoms with Gasteiger partial charge < -0.3 is 35.5 Å². The molecule has 192 valence electrons. The highest BCUT2D eigenvalue weighted by atomic mass is 16.5. The number of rotatable bonds is 10. The van der Waals surface area contributed by atoms with Crippen LogP contribution in [0.25, 0.3) is 21.9 Å². The summed E-state index contributed by atoms with van der Waals surface area (Å²) in [7, 11) is 2.66. The molecule has 4 aromatic rings. The number of nitrogens with two attached hydrogens (primary N) is 1. The van der Waals surface area contributed by atoms with E-state index < -0.39 is 0 Å². The van der Waals surface area contributed by atoms with E-state index in [-0.39, 0.29) is 5.95 Å². The van der Waals surface area contributed by atoms with Crippen molar-refractivity contribution in [2.75, 3.05) is 45.0 Å². The molecule has 0 spiro atoms. The molecule has 0 amide bonds. The average Bonchev–Trinajstić information content (AvgIpc) is 3.18. The van der Waals surface area contributed by atoms with E-state index >= 15 is 0 Å². The average molecular weight is 494 g/mol. The molecule has 0 atom stereocenters. The largest absolute Gasteiger partial charge is 0.481 e. The smallest absolute Gasteiger partial charge is 0.222 e. The van der Waals surface area contributed by atoms with Crippen molar-refractivity contribution in [2.45, 2.75) is 38.9 Å². The van der Waals surface area contributed by atoms with E-state index in [2.05, 4.69) is 55.3 Å². The van der Waals surface area contributed by atoms with E-state index in [1.807, 2.05) is 18.3 Å². The quantitative estimate of drug-likeness (QED) is 0.246. The Morgan fingerprint density at radius 1 is 1.22 bits per heavy atom. The molecule has 1 aliphatic heterocycles. The summed E-state index contributed by atoms with van der Waals surface area (Å²) >= 11 is 0. The fraction of sp³-hybridized carbons (Fsp3) is 0.423. The minimum Gasteiger partial charge on any atom is -0.481 e. The third kappa shape index (κ3) is 5.35. The Bertz CT molecular complexity index is 1300. The molecule has 1 saturated heterocycles. The van der Waals surface area contributed by atoms with E-state index in [1.54, 1.807) is 7.11 Å². The van der Waals surface area contributed by atoms with E-state index in [0.29, 0.717) is 18.5 Å². The SMILES string of the molecule is CCCCNc1nc(N)nc2c3ccccc3n(Cc3cc(CNC4COC4)cnc3OC)c12.CO. The zero-order valence-corrected chi connectivity index (χ0v) is 21.1. The Kier molecular flexibility index (Phi) is 8.52. The highest BCUT2D eigenvalue weighted by molar-refractivity contribution is 6.09. The number of ether oxygens (including phenoxy) is 2. The van der Waals surface area contributed by atoms with Gasteiger partial charge in [0.05, 0.1) is 38.4 Å². The molecule has 5 N–H and O–H groups in total. The van der Waals surface area contributed by atoms with Crippen LogP contribution in [0, 0.1) is 0 Å². The van der Waals surface area contributed by atoms with Crippen molar-refractivity contribution in [3.63, 3.8) is 0 Å². The lowest BCUT2D eigenvalue weighted by molar-refractivity contribution is -0.00579. The summed E-state index contributed by atoms with van der Waals surface area (Å²) in [6.45, 7) is 5.80. The molecule has 4 heterocycles. The molecule has 5 rings (SSSR count). The van der Waals surface area contributed by atoms with Crippen LogP contribution in [0.2, 0.25) is 0 Å². The van der Waals surface area contributed by atoms with Gasteiger partial charge in [0.25, 0.3) is 0 Å². The minimum absolute atomic E-state index is 0.265. The Balaban J connectivity index is 0.00000148. The molecule has 0 unspecified atom stereocenters. The van der Waals surface area contributed by atoms with Crippen LogP contribution in [0.5, 0.6) is 5.88 Å². The number of fused-ring (bicyclic) bond motifs is 3. The lowest BCUT2D eigenvalue weighted by atomic mass is 10.1. The van der Waals surface area contributed by atoms with Crippen molar-refractivity contribution in [1.29, 1.82) is 0 Å². The normalized spacial score (nSPS) is 13.3. The van der Waals surface area contributed by atoms with Gasteiger partial charge in [-0.15, -0.1) is 0 Å². The monoisotopic (exact) mass is 493 g/mol. The van der Waals surface area contributed by atoms with Crippen LogP contribution < -0.4 is 21.1 Å². The second-order valence-corrected chi connectivity index (χ2v) is 8.64. The number of aliphatic hydroxyl groups excluding tert-OH is 1. The number of pyridine rings is 1. The molecule has 0 saturated carbocycles. The van der Waals surface area contributed by atoms with E-state index in [9.17, 15) is 0 Å². The fourth-order valence-corrected chi connectivity index (χ4v) is 4.34. The maximum atomic E-state index is 7.00. The molecule has 1 fully saturated rings. The predicted molar refractivity (Wildman–Crippen MR) is 142 cm³/mol. The van der Waals surface area contributed by atoms with Gasteiger partial charge in [0.1, 0.15) is 11.0 Å². The summed E-state index contributed by atoms with van der Waals surface area (Å²) in [5, 5.41) is 15.0. The number of para-hydroxylation sites is 1. The van der Waals surface area contributed by atoms with Crippen molar-refractivity contribution in [3.05, 3.63) is 47.7 Å². The Hall–Kier alpha value is -3.47. The van der Waals surface area contributed by atoms with Crippen LogP contribution in [0.1, 0.15) is 30.9 Å². The van der Waals surface area contributed by atoms with E-state index in [0.717, 1.165) is 85.1 Å². The molecule has 10 heteroatoms. The first kappa shape index (κ1) is 25.6. The van der Waals surface area contributed by atoms with Crippen LogP contribution >= 0.6 is 0 Å². The van der Waals surface area contributed by atoms with Gasteiger partial charge in [-0.1, -0.05) is 31.5 Å². The first-order chi connectivity index (χ1) is 17.7. The highest BCUT2D eigenvalue weighted by Gasteiger charge is 2.20. The van der Waals surface area contributed by atoms with Crippen molar-refractivity contribution < 1.29 is 14.6 Å². The summed E-state index contributed by atoms with van der Waals surface area (Å²) in [6.07, 6.45) is 4.00. The van der Waals surface area contributed by atoms with Crippen LogP contribution in [0.4, 0.5) is 11.8 Å². The van der Waals surface area contributed by atoms with Gasteiger partial charge in [0.2, 0.25) is 11.8 Å². The molecule has 3 aromatic heterocycles. The first-order valence-electron chi connectivity index (χ1n) is 12.2. The molecule has 0 radical (unpaired) electrons. The zero-order valence-electron chi connectivity index (χ0n) is 21.1. The Labute approximate surface area is 210 Å². The number of anilines is 2. The van der Waals surface area contributed by atoms with Crippen molar-refractivity contribution in [2.24, 2.45) is 0 Å². The lowest BCUT2D eigenvalue weighted by Crippen LogP contribution is -2.45. The fourth-order valence-electron chi connectivity index (χ4n) is 4.34. The number of benzene rings is 1. The molecular weight excluding hydrogens is 458 g/mol. The van der Waals surface area contributed by atoms with Crippen LogP contribution in [0.3, 0.4) is 0 Å². The Morgan fingerprint density at radius 2 is 2.03 bits per heavy atom. The standard InChI is InChI=1S/C25H31N7O2.CH4O/c1-3-4-9-27-23-22-21(30-25(26)31-23)19-7-5-6-8-20(19)32(22)13-17-10-16(12-29-24(17)33-2)11-28-18-14-34-15-18;1-2/h5-8,10,12,18,28H,3-4,9,11,13-15H2,1-2H3,(H3,26,27,30,31);2H,1H3. The van der Waals surface area contributed by atoms with Gasteiger partial charge in [0.15, 0.2) is 5.82 Å². The third-order valence-corrected chi connectivity index (χ3v) is 6.18. The minimum atomic E-state index is 0.265. The summed E-state index contributed by atoms with van der Waals surface area (Å²) < 4.78 is 13.1. The van der Waals surface area contributed by atoms with E-state index in [4.69, 9.17) is 20.3 Å². The first-order valence-corrected chi connectivity index (χ1v) is 12.2. The van der Waals surface area contributed by atoms with Crippen molar-refractivity contribution >= 4 is 33.7 Å². The van der Waals surface area contributed by atoms with Gasteiger partial charge in [-0.2, -0.15) is 4.98 Å². The maximum Gasteiger partial charge on any atom is 0.222 e. The molecule has 1 aromatic carbocycles. The molecular formula is C26H35N7O3. The van der Waals surface area contributed by atoms with Crippen molar-refractivity contribution in [1.82, 2.24) is 24.8 Å². The van der Waals surface area contributed by atoms with Crippen LogP contribution in [-0.2, 0) is 17.8 Å². The molecule has 1 aliphatic rings. The van der Waals surface area contributed by atoms with Gasteiger partial charge >= 0.3 is 0 Å². The highest BCUT2D eigenvalue weighted by Crippen LogP contribution is 2.33. The Morgan fingerprint density at radius 3 is 2.75 bits per heavy atom. The molecule has 0 bridgehead atoms. The van der Waals surface area contributed by atoms with Gasteiger partial charge in [-0.05, 0) is 24.1 Å². The summed E-state index contributed by atoms with van der Waals surface area (Å²) in [6, 6.07) is 10.8. The number of nitrogens with zero attached hydrogens (tertiary/aromatic N) is 4. The number of aliphatic hydroxyl groups is 1. The van der Waals surface area contributed by atoms with Gasteiger partial charge in [-0.25, -0.2) is 9.97 Å². The lowest BCUT2D eigenvalue weighted by Gasteiger charge is -2.27. The van der Waals surface area contributed by atoms with Gasteiger partial charge in [-0.3, -0.25) is 0 Å². The summed E-state index contributed by atoms with van der Waals surface area (Å²) in [4.78, 5) is 13.8. The van der Waals surface area contributed by atoms with E-state index in [1.165, 1.54) is 0 Å². The number of unbranched alkanes of at least 4 members (excludes halogenated alkanes) is 1. The number of hydrogen-bond donors (Lipinski definition) is 4. The number of nitrogen functional groups attached to an aromatic ring is 1. The number of hydrogen-bond acceptors (Lipinski definition) is 9. The number of aromatic nitrogens is 4. The number of nitrogens with one attached hydrogen (secondary N) is 2. The predicted octanol–water partition coefficient (Wildman–Crippen LogP) is 2.93. The maximum absolute atomic E-state index is 7.00. The second-order valence-electron chi connectivity index (χ2n) is 8.64. The molecule has 10 nitrogen and oxygen atoms in total. The second kappa shape index (κ2) is 12.0. The van der Waals surface area contributed by atoms with Crippen molar-refractivity contribution in [3.8, 4) is 5.88 Å². The van der Waals surface area contributed by atoms with Crippen LogP contribution in [-0.4, -0.2) is 64.6 Å². The molecule has 0 aliphatic carbocycles. The van der Waals surface area contributed by atoms with Gasteiger partial charge in [0, 0.05) is 37.3 Å². The molecule has 36 heavy (non-hydrogen) atoms. The van der Waals surface area contributed by atoms with Crippen LogP contribution in [0.15, 0.2) is 36.5 Å². The third-order valence-electron chi connectivity index (χ3n) is 6.18. The summed E-state index contributed by atoms with van der Waals surface area (Å²) in [5.74, 6) is 1.63. The topological polar surface area (TPSA) is 132 Å².